The molecule has 0 aliphatic rings. The highest BCUT2D eigenvalue weighted by Crippen LogP contribution is 2.20. The third kappa shape index (κ3) is 4.49. The van der Waals surface area contributed by atoms with Crippen molar-refractivity contribution < 1.29 is 4.74 Å². The third-order valence-corrected chi connectivity index (χ3v) is 4.31. The molecule has 0 spiro atoms. The molecule has 0 fully saturated rings. The fraction of sp³-hybridized carbons (Fsp3) is 0.385. The van der Waals surface area contributed by atoms with E-state index in [1.807, 2.05) is 24.3 Å². The molecule has 0 aliphatic carbocycles. The smallest absolute Gasteiger partial charge is 0.170 e. The predicted molar refractivity (Wildman–Crippen MR) is 79.8 cm³/mol. The maximum atomic E-state index is 5.68. The molecule has 1 aromatic heterocycles. The zero-order valence-corrected chi connectivity index (χ0v) is 12.5. The van der Waals surface area contributed by atoms with Gasteiger partial charge in [0.25, 0.3) is 0 Å². The Morgan fingerprint density at radius 1 is 1.42 bits per heavy atom. The van der Waals surface area contributed by atoms with Gasteiger partial charge in [-0.3, -0.25) is 0 Å². The Bertz CT molecular complexity index is 516. The van der Waals surface area contributed by atoms with Gasteiger partial charge >= 0.3 is 0 Å². The Hall–Kier alpha value is -1.11. The fourth-order valence-corrected chi connectivity index (χ4v) is 3.07. The van der Waals surface area contributed by atoms with Crippen molar-refractivity contribution in [3.8, 4) is 5.75 Å². The average molecular weight is 295 g/mol. The summed E-state index contributed by atoms with van der Waals surface area (Å²) in [4.78, 5) is 4.40. The van der Waals surface area contributed by atoms with Gasteiger partial charge in [-0.25, -0.2) is 4.98 Å². The highest BCUT2D eigenvalue weighted by Gasteiger charge is 2.03. The zero-order chi connectivity index (χ0) is 13.5. The van der Waals surface area contributed by atoms with Crippen LogP contribution in [0.4, 0.5) is 0 Å². The minimum atomic E-state index is 0.538. The van der Waals surface area contributed by atoms with Crippen molar-refractivity contribution in [2.75, 3.05) is 12.4 Å². The summed E-state index contributed by atoms with van der Waals surface area (Å²) in [6.07, 6.45) is 0.888. The molecule has 4 nitrogen and oxygen atoms in total. The van der Waals surface area contributed by atoms with Crippen molar-refractivity contribution in [1.29, 1.82) is 0 Å². The van der Waals surface area contributed by atoms with Gasteiger partial charge < -0.3 is 10.5 Å². The van der Waals surface area contributed by atoms with Crippen molar-refractivity contribution in [3.05, 3.63) is 35.7 Å². The molecule has 0 saturated carbocycles. The summed E-state index contributed by atoms with van der Waals surface area (Å²) in [5.74, 6) is 2.66. The first kappa shape index (κ1) is 14.3. The quantitative estimate of drug-likeness (QED) is 0.628. The van der Waals surface area contributed by atoms with Gasteiger partial charge in [-0.15, -0.1) is 0 Å². The van der Waals surface area contributed by atoms with Gasteiger partial charge in [-0.1, -0.05) is 30.8 Å². The van der Waals surface area contributed by atoms with E-state index in [0.29, 0.717) is 13.2 Å². The van der Waals surface area contributed by atoms with E-state index in [4.69, 9.17) is 10.5 Å². The van der Waals surface area contributed by atoms with Gasteiger partial charge in [0.05, 0.1) is 6.61 Å². The van der Waals surface area contributed by atoms with E-state index in [0.717, 1.165) is 33.7 Å². The standard InChI is InChI=1S/C13H17N3OS2/c1-2-12-15-13(19-16-12)18-7-6-17-11-5-3-4-10(8-11)9-14/h3-5,8H,2,6-7,9,14H2,1H3. The Labute approximate surface area is 121 Å². The summed E-state index contributed by atoms with van der Waals surface area (Å²) >= 11 is 3.14. The number of nitrogens with two attached hydrogens (primary N) is 1. The van der Waals surface area contributed by atoms with E-state index in [2.05, 4.69) is 16.3 Å². The molecule has 0 unspecified atom stereocenters. The Balaban J connectivity index is 1.74. The largest absolute Gasteiger partial charge is 0.493 e. The van der Waals surface area contributed by atoms with Crippen LogP contribution < -0.4 is 10.5 Å². The first-order chi connectivity index (χ1) is 9.31. The van der Waals surface area contributed by atoms with Crippen LogP contribution in [0.1, 0.15) is 18.3 Å². The predicted octanol–water partition coefficient (Wildman–Crippen LogP) is 2.73. The fourth-order valence-electron chi connectivity index (χ4n) is 1.49. The lowest BCUT2D eigenvalue weighted by Gasteiger charge is -2.06. The number of hydrogen-bond acceptors (Lipinski definition) is 6. The topological polar surface area (TPSA) is 61.0 Å². The van der Waals surface area contributed by atoms with Gasteiger partial charge in [-0.05, 0) is 29.2 Å². The van der Waals surface area contributed by atoms with E-state index in [9.17, 15) is 0 Å². The normalized spacial score (nSPS) is 10.6. The van der Waals surface area contributed by atoms with Gasteiger partial charge in [0, 0.05) is 18.7 Å². The molecule has 0 saturated heterocycles. The van der Waals surface area contributed by atoms with Gasteiger partial charge in [-0.2, -0.15) is 4.37 Å². The molecule has 102 valence electrons. The summed E-state index contributed by atoms with van der Waals surface area (Å²) in [6, 6.07) is 7.88. The van der Waals surface area contributed by atoms with Gasteiger partial charge in [0.2, 0.25) is 0 Å². The summed E-state index contributed by atoms with van der Waals surface area (Å²) in [6.45, 7) is 3.25. The minimum Gasteiger partial charge on any atom is -0.493 e. The lowest BCUT2D eigenvalue weighted by molar-refractivity contribution is 0.343. The van der Waals surface area contributed by atoms with Gasteiger partial charge in [0.15, 0.2) is 4.34 Å². The van der Waals surface area contributed by atoms with E-state index in [1.165, 1.54) is 11.5 Å². The Kier molecular flexibility index (Phi) is 5.62. The molecule has 0 radical (unpaired) electrons. The van der Waals surface area contributed by atoms with E-state index < -0.39 is 0 Å². The molecule has 19 heavy (non-hydrogen) atoms. The number of aromatic nitrogens is 2. The van der Waals surface area contributed by atoms with Crippen molar-refractivity contribution in [3.63, 3.8) is 0 Å². The first-order valence-corrected chi connectivity index (χ1v) is 7.95. The third-order valence-electron chi connectivity index (χ3n) is 2.48. The van der Waals surface area contributed by atoms with Crippen molar-refractivity contribution in [1.82, 2.24) is 9.36 Å². The molecule has 6 heteroatoms. The highest BCUT2D eigenvalue weighted by molar-refractivity contribution is 8.00. The second-order valence-electron chi connectivity index (χ2n) is 3.88. The molecule has 0 atom stereocenters. The molecule has 2 aromatic rings. The number of ether oxygens (including phenoxy) is 1. The number of benzene rings is 1. The van der Waals surface area contributed by atoms with Crippen LogP contribution in [0.5, 0.6) is 5.75 Å². The summed E-state index contributed by atoms with van der Waals surface area (Å²) in [5, 5.41) is 0. The maximum Gasteiger partial charge on any atom is 0.170 e. The lowest BCUT2D eigenvalue weighted by atomic mass is 10.2. The van der Waals surface area contributed by atoms with Crippen LogP contribution in [0.15, 0.2) is 28.6 Å². The average Bonchev–Trinajstić information content (AvgIpc) is 2.92. The summed E-state index contributed by atoms with van der Waals surface area (Å²) < 4.78 is 10.9. The molecule has 1 aromatic carbocycles. The van der Waals surface area contributed by atoms with E-state index in [1.54, 1.807) is 11.8 Å². The molecule has 1 heterocycles. The van der Waals surface area contributed by atoms with Crippen molar-refractivity contribution in [2.24, 2.45) is 5.73 Å². The molecule has 2 N–H and O–H groups in total. The minimum absolute atomic E-state index is 0.538. The van der Waals surface area contributed by atoms with Crippen LogP contribution in [-0.2, 0) is 13.0 Å². The SMILES string of the molecule is CCc1nsc(SCCOc2cccc(CN)c2)n1. The number of rotatable bonds is 7. The van der Waals surface area contributed by atoms with E-state index in [-0.39, 0.29) is 0 Å². The second kappa shape index (κ2) is 7.47. The Morgan fingerprint density at radius 3 is 3.05 bits per heavy atom. The van der Waals surface area contributed by atoms with Crippen LogP contribution in [-0.4, -0.2) is 21.7 Å². The first-order valence-electron chi connectivity index (χ1n) is 6.19. The molecular formula is C13H17N3OS2. The summed E-state index contributed by atoms with van der Waals surface area (Å²) in [5.41, 5.74) is 6.68. The zero-order valence-electron chi connectivity index (χ0n) is 10.8. The number of nitrogens with zero attached hydrogens (tertiary/aromatic N) is 2. The number of hydrogen-bond donors (Lipinski definition) is 1. The van der Waals surface area contributed by atoms with Crippen LogP contribution in [0.2, 0.25) is 0 Å². The van der Waals surface area contributed by atoms with Crippen LogP contribution in [0.25, 0.3) is 0 Å². The van der Waals surface area contributed by atoms with Crippen LogP contribution in [0.3, 0.4) is 0 Å². The molecule has 0 bridgehead atoms. The summed E-state index contributed by atoms with van der Waals surface area (Å²) in [7, 11) is 0. The Morgan fingerprint density at radius 2 is 2.32 bits per heavy atom. The second-order valence-corrected chi connectivity index (χ2v) is 5.97. The molecule has 2 rings (SSSR count). The van der Waals surface area contributed by atoms with Gasteiger partial charge in [0.1, 0.15) is 11.6 Å². The van der Waals surface area contributed by atoms with Crippen LogP contribution >= 0.6 is 23.3 Å². The molecule has 0 amide bonds. The number of thioether (sulfide) groups is 1. The lowest BCUT2D eigenvalue weighted by Crippen LogP contribution is -2.01. The number of aryl methyl sites for hydroxylation is 1. The maximum absolute atomic E-state index is 5.68. The van der Waals surface area contributed by atoms with E-state index >= 15 is 0 Å². The van der Waals surface area contributed by atoms with Crippen LogP contribution in [0, 0.1) is 0 Å². The molecule has 0 aliphatic heterocycles. The highest BCUT2D eigenvalue weighted by atomic mass is 32.2. The van der Waals surface area contributed by atoms with Crippen molar-refractivity contribution >= 4 is 23.3 Å². The molecular weight excluding hydrogens is 278 g/mol. The van der Waals surface area contributed by atoms with Crippen molar-refractivity contribution in [2.45, 2.75) is 24.2 Å². The monoisotopic (exact) mass is 295 g/mol.